The summed E-state index contributed by atoms with van der Waals surface area (Å²) in [4.78, 5) is 34.6. The summed E-state index contributed by atoms with van der Waals surface area (Å²) in [6, 6.07) is 0. The molecule has 10 heteroatoms. The van der Waals surface area contributed by atoms with Crippen LogP contribution in [0.25, 0.3) is 0 Å². The predicted octanol–water partition coefficient (Wildman–Crippen LogP) is 10.7. The molecule has 0 amide bonds. The molecule has 0 aromatic heterocycles. The van der Waals surface area contributed by atoms with Gasteiger partial charge in [0.2, 0.25) is 0 Å². The predicted molar refractivity (Wildman–Crippen MR) is 210 cm³/mol. The molecule has 0 saturated carbocycles. The minimum Gasteiger partial charge on any atom is -0.462 e. The van der Waals surface area contributed by atoms with Crippen molar-refractivity contribution in [2.24, 2.45) is 5.73 Å². The monoisotopic (exact) mass is 735 g/mol. The van der Waals surface area contributed by atoms with E-state index < -0.39 is 32.5 Å². The number of carbonyl (C=O) groups excluding carboxylic acids is 2. The molecule has 0 saturated heterocycles. The van der Waals surface area contributed by atoms with Crippen LogP contribution in [0.5, 0.6) is 0 Å². The van der Waals surface area contributed by atoms with Gasteiger partial charge in [-0.25, -0.2) is 9.36 Å². The van der Waals surface area contributed by atoms with Crippen molar-refractivity contribution < 1.29 is 37.6 Å². The van der Waals surface area contributed by atoms with Gasteiger partial charge >= 0.3 is 19.8 Å². The molecule has 292 valence electrons. The summed E-state index contributed by atoms with van der Waals surface area (Å²) < 4.78 is 32.4. The summed E-state index contributed by atoms with van der Waals surface area (Å²) in [5.41, 5.74) is 5.32. The van der Waals surface area contributed by atoms with Crippen molar-refractivity contribution in [3.05, 3.63) is 72.9 Å². The Morgan fingerprint density at radius 1 is 0.667 bits per heavy atom. The van der Waals surface area contributed by atoms with Gasteiger partial charge < -0.3 is 20.1 Å². The zero-order valence-electron chi connectivity index (χ0n) is 31.8. The quantitative estimate of drug-likeness (QED) is 0.0163. The molecule has 0 radical (unpaired) electrons. The Morgan fingerprint density at radius 3 is 1.82 bits per heavy atom. The van der Waals surface area contributed by atoms with E-state index in [1.165, 1.54) is 70.3 Å². The maximum absolute atomic E-state index is 12.4. The van der Waals surface area contributed by atoms with Crippen molar-refractivity contribution in [2.45, 2.75) is 148 Å². The standard InChI is InChI=1S/C41H70NO8P/c1-3-5-7-9-11-13-15-17-19-21-23-25-27-29-31-33-40(43)47-37-39(38-49-51(45,46)48-36-35-42)50-41(44)34-32-30-28-26-24-22-20-18-16-14-12-10-8-6-4-2/h5,7,11,13,17,19,23,25,28,30,32,34,39H,3-4,6,8-10,12,14-16,18,20-22,24,26-27,29,31,33,35-38,42H2,1-2H3,(H,45,46)/b7-5+,13-11+,19-17+,25-23+,30-28+,34-32+/t39-/m1/s1. The fourth-order valence-corrected chi connectivity index (χ4v) is 5.59. The average molecular weight is 736 g/mol. The summed E-state index contributed by atoms with van der Waals surface area (Å²) in [7, 11) is -4.41. The first kappa shape index (κ1) is 48.5. The summed E-state index contributed by atoms with van der Waals surface area (Å²) in [6.45, 7) is 3.41. The van der Waals surface area contributed by atoms with E-state index in [1.54, 1.807) is 12.2 Å². The molecule has 3 N–H and O–H groups in total. The molecule has 0 aliphatic rings. The molecule has 51 heavy (non-hydrogen) atoms. The zero-order chi connectivity index (χ0) is 37.5. The minimum absolute atomic E-state index is 0.0315. The number of phosphoric acid groups is 1. The average Bonchev–Trinajstić information content (AvgIpc) is 3.11. The van der Waals surface area contributed by atoms with Crippen LogP contribution in [0.15, 0.2) is 72.9 Å². The number of hydrogen-bond donors (Lipinski definition) is 2. The Hall–Kier alpha value is -2.55. The number of hydrogen-bond acceptors (Lipinski definition) is 8. The van der Waals surface area contributed by atoms with Crippen LogP contribution in [-0.2, 0) is 32.7 Å². The van der Waals surface area contributed by atoms with Crippen molar-refractivity contribution in [1.82, 2.24) is 0 Å². The number of carbonyl (C=O) groups is 2. The van der Waals surface area contributed by atoms with E-state index in [9.17, 15) is 19.0 Å². The second kappa shape index (κ2) is 37.2. The number of nitrogens with two attached hydrogens (primary N) is 1. The summed E-state index contributed by atoms with van der Waals surface area (Å²) >= 11 is 0. The summed E-state index contributed by atoms with van der Waals surface area (Å²) in [6.07, 6.45) is 44.3. The molecule has 1 unspecified atom stereocenters. The lowest BCUT2D eigenvalue weighted by Gasteiger charge is -2.19. The van der Waals surface area contributed by atoms with Crippen molar-refractivity contribution in [2.75, 3.05) is 26.4 Å². The molecule has 0 rings (SSSR count). The van der Waals surface area contributed by atoms with Crippen molar-refractivity contribution in [1.29, 1.82) is 0 Å². The van der Waals surface area contributed by atoms with E-state index in [4.69, 9.17) is 24.3 Å². The first-order valence-electron chi connectivity index (χ1n) is 19.5. The molecule has 0 heterocycles. The number of phosphoric ester groups is 1. The molecule has 0 spiro atoms. The number of ether oxygens (including phenoxy) is 2. The van der Waals surface area contributed by atoms with Crippen LogP contribution in [0, 0.1) is 0 Å². The molecule has 2 atom stereocenters. The molecule has 9 nitrogen and oxygen atoms in total. The maximum Gasteiger partial charge on any atom is 0.472 e. The Labute approximate surface area is 310 Å². The first-order chi connectivity index (χ1) is 24.8. The van der Waals surface area contributed by atoms with Gasteiger partial charge in [0.25, 0.3) is 0 Å². The van der Waals surface area contributed by atoms with Gasteiger partial charge in [-0.15, -0.1) is 0 Å². The van der Waals surface area contributed by atoms with Crippen LogP contribution >= 0.6 is 7.82 Å². The van der Waals surface area contributed by atoms with Crippen molar-refractivity contribution >= 4 is 19.8 Å². The van der Waals surface area contributed by atoms with Gasteiger partial charge in [-0.05, 0) is 57.8 Å². The zero-order valence-corrected chi connectivity index (χ0v) is 32.7. The fourth-order valence-electron chi connectivity index (χ4n) is 4.82. The maximum atomic E-state index is 12.4. The first-order valence-corrected chi connectivity index (χ1v) is 21.0. The lowest BCUT2D eigenvalue weighted by molar-refractivity contribution is -0.157. The van der Waals surface area contributed by atoms with Crippen LogP contribution in [0.3, 0.4) is 0 Å². The molecular formula is C41H70NO8P. The third-order valence-electron chi connectivity index (χ3n) is 7.68. The van der Waals surface area contributed by atoms with Gasteiger partial charge in [-0.2, -0.15) is 0 Å². The molecular weight excluding hydrogens is 665 g/mol. The normalized spacial score (nSPS) is 14.2. The van der Waals surface area contributed by atoms with E-state index in [0.29, 0.717) is 6.42 Å². The van der Waals surface area contributed by atoms with Gasteiger partial charge in [-0.3, -0.25) is 13.8 Å². The smallest absolute Gasteiger partial charge is 0.462 e. The summed E-state index contributed by atoms with van der Waals surface area (Å²) in [5.74, 6) is -1.14. The van der Waals surface area contributed by atoms with E-state index in [1.807, 2.05) is 6.08 Å². The van der Waals surface area contributed by atoms with Crippen LogP contribution in [0.2, 0.25) is 0 Å². The molecule has 0 aromatic rings. The Balaban J connectivity index is 4.41. The SMILES string of the molecule is CC/C=C/C/C=C/C/C=C/C/C=C/CCCCC(=O)OC[C@H](COP(=O)(O)OCCN)OC(=O)/C=C/C=C/CCCCCCCCCCCCC. The number of esters is 2. The fraction of sp³-hybridized carbons (Fsp3) is 0.659. The Morgan fingerprint density at radius 2 is 1.22 bits per heavy atom. The van der Waals surface area contributed by atoms with Gasteiger partial charge in [-0.1, -0.05) is 145 Å². The highest BCUT2D eigenvalue weighted by atomic mass is 31.2. The van der Waals surface area contributed by atoms with Crippen LogP contribution < -0.4 is 5.73 Å². The number of rotatable bonds is 35. The van der Waals surface area contributed by atoms with Crippen LogP contribution in [0.1, 0.15) is 142 Å². The highest BCUT2D eigenvalue weighted by Crippen LogP contribution is 2.43. The highest BCUT2D eigenvalue weighted by molar-refractivity contribution is 7.47. The third kappa shape index (κ3) is 37.0. The molecule has 0 aromatic carbocycles. The van der Waals surface area contributed by atoms with Crippen molar-refractivity contribution in [3.63, 3.8) is 0 Å². The van der Waals surface area contributed by atoms with Crippen LogP contribution in [0.4, 0.5) is 0 Å². The Bertz CT molecular complexity index is 1070. The number of unbranched alkanes of at least 4 members (excludes halogenated alkanes) is 13. The second-order valence-electron chi connectivity index (χ2n) is 12.5. The Kier molecular flexibility index (Phi) is 35.4. The van der Waals surface area contributed by atoms with Crippen molar-refractivity contribution in [3.8, 4) is 0 Å². The van der Waals surface area contributed by atoms with E-state index in [-0.39, 0.29) is 26.2 Å². The molecule has 0 aliphatic carbocycles. The van der Waals surface area contributed by atoms with Gasteiger partial charge in [0.1, 0.15) is 6.61 Å². The topological polar surface area (TPSA) is 134 Å². The molecule has 0 bridgehead atoms. The van der Waals surface area contributed by atoms with Gasteiger partial charge in [0.15, 0.2) is 6.10 Å². The third-order valence-corrected chi connectivity index (χ3v) is 8.67. The summed E-state index contributed by atoms with van der Waals surface area (Å²) in [5, 5.41) is 0. The van der Waals surface area contributed by atoms with E-state index in [2.05, 4.69) is 62.5 Å². The minimum atomic E-state index is -4.41. The molecule has 0 fully saturated rings. The van der Waals surface area contributed by atoms with Crippen LogP contribution in [-0.4, -0.2) is 49.3 Å². The van der Waals surface area contributed by atoms with E-state index >= 15 is 0 Å². The number of allylic oxidation sites excluding steroid dienone is 11. The second-order valence-corrected chi connectivity index (χ2v) is 13.9. The molecule has 0 aliphatic heterocycles. The lowest BCUT2D eigenvalue weighted by atomic mass is 10.1. The largest absolute Gasteiger partial charge is 0.472 e. The van der Waals surface area contributed by atoms with Gasteiger partial charge in [0, 0.05) is 19.0 Å². The lowest BCUT2D eigenvalue weighted by Crippen LogP contribution is -2.29. The van der Waals surface area contributed by atoms with E-state index in [0.717, 1.165) is 51.4 Å². The van der Waals surface area contributed by atoms with Gasteiger partial charge in [0.05, 0.1) is 13.2 Å². The highest BCUT2D eigenvalue weighted by Gasteiger charge is 2.25.